The third kappa shape index (κ3) is 4.55. The Balaban J connectivity index is 1.72. The number of phenols is 2. The van der Waals surface area contributed by atoms with Crippen molar-refractivity contribution in [2.75, 3.05) is 14.2 Å². The van der Waals surface area contributed by atoms with Crippen LogP contribution in [0, 0.1) is 5.82 Å². The molecule has 5 nitrogen and oxygen atoms in total. The average Bonchev–Trinajstić information content (AvgIpc) is 2.84. The first-order valence-electron chi connectivity index (χ1n) is 10.3. The van der Waals surface area contributed by atoms with E-state index >= 15 is 0 Å². The highest BCUT2D eigenvalue weighted by molar-refractivity contribution is 5.87. The maximum absolute atomic E-state index is 14.9. The van der Waals surface area contributed by atoms with E-state index in [0.717, 1.165) is 5.56 Å². The van der Waals surface area contributed by atoms with Gasteiger partial charge >= 0.3 is 0 Å². The van der Waals surface area contributed by atoms with Gasteiger partial charge in [0.15, 0.2) is 23.1 Å². The fourth-order valence-electron chi connectivity index (χ4n) is 3.64. The van der Waals surface area contributed by atoms with Gasteiger partial charge in [-0.05, 0) is 47.0 Å². The Labute approximate surface area is 191 Å². The second-order valence-electron chi connectivity index (χ2n) is 7.35. The van der Waals surface area contributed by atoms with Crippen LogP contribution in [0.2, 0.25) is 0 Å². The lowest BCUT2D eigenvalue weighted by atomic mass is 9.96. The van der Waals surface area contributed by atoms with Crippen LogP contribution in [0.4, 0.5) is 4.39 Å². The molecule has 0 unspecified atom stereocenters. The van der Waals surface area contributed by atoms with Crippen LogP contribution in [0.5, 0.6) is 28.7 Å². The van der Waals surface area contributed by atoms with Gasteiger partial charge in [-0.3, -0.25) is 0 Å². The van der Waals surface area contributed by atoms with Crippen molar-refractivity contribution in [3.05, 3.63) is 90.2 Å². The number of benzene rings is 4. The predicted octanol–water partition coefficient (Wildman–Crippen LogP) is 6.17. The SMILES string of the molecule is COc1cc(-c2ccc(O)cc2)c(OC)c(O)c1-c1ccc(OCc2ccccc2)c(F)c1. The van der Waals surface area contributed by atoms with Crippen molar-refractivity contribution >= 4 is 0 Å². The quantitative estimate of drug-likeness (QED) is 0.355. The van der Waals surface area contributed by atoms with Gasteiger partial charge in [0, 0.05) is 5.56 Å². The summed E-state index contributed by atoms with van der Waals surface area (Å²) in [5.41, 5.74) is 2.91. The van der Waals surface area contributed by atoms with E-state index in [0.29, 0.717) is 28.0 Å². The minimum absolute atomic E-state index is 0.105. The molecule has 0 radical (unpaired) electrons. The minimum Gasteiger partial charge on any atom is -0.508 e. The Bertz CT molecular complexity index is 1250. The molecule has 4 rings (SSSR count). The van der Waals surface area contributed by atoms with Gasteiger partial charge in [0.05, 0.1) is 19.8 Å². The monoisotopic (exact) mass is 446 g/mol. The number of methoxy groups -OCH3 is 2. The molecule has 0 aliphatic heterocycles. The third-order valence-electron chi connectivity index (χ3n) is 5.28. The molecule has 4 aromatic carbocycles. The van der Waals surface area contributed by atoms with Crippen LogP contribution in [-0.2, 0) is 6.61 Å². The van der Waals surface area contributed by atoms with Crippen molar-refractivity contribution in [1.82, 2.24) is 0 Å². The van der Waals surface area contributed by atoms with Gasteiger partial charge in [-0.1, -0.05) is 48.5 Å². The molecular weight excluding hydrogens is 423 g/mol. The van der Waals surface area contributed by atoms with Crippen LogP contribution in [-0.4, -0.2) is 24.4 Å². The molecule has 0 aliphatic carbocycles. The van der Waals surface area contributed by atoms with Gasteiger partial charge in [-0.25, -0.2) is 4.39 Å². The smallest absolute Gasteiger partial charge is 0.170 e. The molecule has 0 aromatic heterocycles. The maximum atomic E-state index is 14.9. The summed E-state index contributed by atoms with van der Waals surface area (Å²) in [5.74, 6) is 0.0306. The lowest BCUT2D eigenvalue weighted by Gasteiger charge is -2.18. The number of phenolic OH excluding ortho intramolecular Hbond substituents is 2. The molecule has 2 N–H and O–H groups in total. The fourth-order valence-corrected chi connectivity index (χ4v) is 3.64. The highest BCUT2D eigenvalue weighted by atomic mass is 19.1. The molecule has 0 heterocycles. The van der Waals surface area contributed by atoms with Crippen molar-refractivity contribution in [1.29, 1.82) is 0 Å². The summed E-state index contributed by atoms with van der Waals surface area (Å²) < 4.78 is 31.5. The second kappa shape index (κ2) is 9.53. The number of aromatic hydroxyl groups is 2. The molecular formula is C27H23FO5. The standard InChI is InChI=1S/C27H23FO5/c1-31-24-15-21(18-8-11-20(29)12-9-18)27(32-2)26(30)25(24)19-10-13-23(22(28)14-19)33-16-17-6-4-3-5-7-17/h3-15,29-30H,16H2,1-2H3. The first-order chi connectivity index (χ1) is 16.0. The molecule has 33 heavy (non-hydrogen) atoms. The molecule has 0 aliphatic rings. The highest BCUT2D eigenvalue weighted by Crippen LogP contribution is 2.49. The molecule has 6 heteroatoms. The van der Waals surface area contributed by atoms with Crippen molar-refractivity contribution in [2.24, 2.45) is 0 Å². The predicted molar refractivity (Wildman–Crippen MR) is 124 cm³/mol. The normalized spacial score (nSPS) is 10.6. The van der Waals surface area contributed by atoms with Gasteiger partial charge in [-0.15, -0.1) is 0 Å². The lowest BCUT2D eigenvalue weighted by molar-refractivity contribution is 0.290. The van der Waals surface area contributed by atoms with E-state index in [9.17, 15) is 14.6 Å². The summed E-state index contributed by atoms with van der Waals surface area (Å²) in [7, 11) is 2.91. The van der Waals surface area contributed by atoms with Gasteiger partial charge in [-0.2, -0.15) is 0 Å². The molecule has 0 amide bonds. The molecule has 0 fully saturated rings. The van der Waals surface area contributed by atoms with E-state index in [1.54, 1.807) is 24.3 Å². The average molecular weight is 446 g/mol. The van der Waals surface area contributed by atoms with E-state index in [-0.39, 0.29) is 29.6 Å². The third-order valence-corrected chi connectivity index (χ3v) is 5.28. The summed E-state index contributed by atoms with van der Waals surface area (Å²) in [6, 6.07) is 22.1. The van der Waals surface area contributed by atoms with Gasteiger partial charge in [0.1, 0.15) is 18.1 Å². The molecule has 0 spiro atoms. The molecule has 0 bridgehead atoms. The summed E-state index contributed by atoms with van der Waals surface area (Å²) in [6.07, 6.45) is 0. The molecule has 0 atom stereocenters. The zero-order valence-electron chi connectivity index (χ0n) is 18.2. The first kappa shape index (κ1) is 22.0. The van der Waals surface area contributed by atoms with Crippen LogP contribution in [0.25, 0.3) is 22.3 Å². The van der Waals surface area contributed by atoms with E-state index in [1.165, 1.54) is 38.5 Å². The van der Waals surface area contributed by atoms with Crippen LogP contribution < -0.4 is 14.2 Å². The van der Waals surface area contributed by atoms with E-state index < -0.39 is 5.82 Å². The number of ether oxygens (including phenoxy) is 3. The maximum Gasteiger partial charge on any atom is 0.170 e. The summed E-state index contributed by atoms with van der Waals surface area (Å²) in [4.78, 5) is 0. The van der Waals surface area contributed by atoms with Crippen molar-refractivity contribution in [3.8, 4) is 51.0 Å². The van der Waals surface area contributed by atoms with E-state index in [2.05, 4.69) is 0 Å². The summed E-state index contributed by atoms with van der Waals surface area (Å²) in [5, 5.41) is 20.6. The Morgan fingerprint density at radius 2 is 1.45 bits per heavy atom. The number of hydrogen-bond acceptors (Lipinski definition) is 5. The molecule has 0 saturated carbocycles. The van der Waals surface area contributed by atoms with Crippen molar-refractivity contribution in [2.45, 2.75) is 6.61 Å². The van der Waals surface area contributed by atoms with Gasteiger partial charge in [0.2, 0.25) is 0 Å². The van der Waals surface area contributed by atoms with Gasteiger partial charge < -0.3 is 24.4 Å². The molecule has 4 aromatic rings. The zero-order chi connectivity index (χ0) is 23.4. The summed E-state index contributed by atoms with van der Waals surface area (Å²) >= 11 is 0. The van der Waals surface area contributed by atoms with Crippen LogP contribution in [0.1, 0.15) is 5.56 Å². The van der Waals surface area contributed by atoms with Crippen LogP contribution >= 0.6 is 0 Å². The lowest BCUT2D eigenvalue weighted by Crippen LogP contribution is -1.98. The highest BCUT2D eigenvalue weighted by Gasteiger charge is 2.22. The van der Waals surface area contributed by atoms with Crippen LogP contribution in [0.3, 0.4) is 0 Å². The van der Waals surface area contributed by atoms with Gasteiger partial charge in [0.25, 0.3) is 0 Å². The number of rotatable bonds is 7. The topological polar surface area (TPSA) is 68.2 Å². The number of halogens is 1. The fraction of sp³-hybridized carbons (Fsp3) is 0.111. The van der Waals surface area contributed by atoms with Crippen molar-refractivity contribution in [3.63, 3.8) is 0 Å². The Kier molecular flexibility index (Phi) is 6.36. The zero-order valence-corrected chi connectivity index (χ0v) is 18.2. The Morgan fingerprint density at radius 1 is 0.758 bits per heavy atom. The van der Waals surface area contributed by atoms with E-state index in [4.69, 9.17) is 14.2 Å². The minimum atomic E-state index is -0.563. The summed E-state index contributed by atoms with van der Waals surface area (Å²) in [6.45, 7) is 0.237. The number of hydrogen-bond donors (Lipinski definition) is 2. The molecule has 0 saturated heterocycles. The largest absolute Gasteiger partial charge is 0.508 e. The second-order valence-corrected chi connectivity index (χ2v) is 7.35. The molecule has 168 valence electrons. The Hall–Kier alpha value is -4.19. The first-order valence-corrected chi connectivity index (χ1v) is 10.3. The van der Waals surface area contributed by atoms with E-state index in [1.807, 2.05) is 30.3 Å². The van der Waals surface area contributed by atoms with Crippen LogP contribution in [0.15, 0.2) is 78.9 Å². The van der Waals surface area contributed by atoms with Crippen molar-refractivity contribution < 1.29 is 28.8 Å². The Morgan fingerprint density at radius 3 is 2.09 bits per heavy atom.